The van der Waals surface area contributed by atoms with Crippen LogP contribution in [-0.4, -0.2) is 23.0 Å². The molecule has 0 saturated heterocycles. The van der Waals surface area contributed by atoms with Crippen LogP contribution in [-0.2, 0) is 4.74 Å². The van der Waals surface area contributed by atoms with Crippen LogP contribution >= 0.6 is 27.5 Å². The van der Waals surface area contributed by atoms with Gasteiger partial charge in [0.2, 0.25) is 0 Å². The molecule has 4 nitrogen and oxygen atoms in total. The predicted molar refractivity (Wildman–Crippen MR) is 60.1 cm³/mol. The van der Waals surface area contributed by atoms with Gasteiger partial charge < -0.3 is 9.72 Å². The molecule has 2 aromatic rings. The fourth-order valence-electron chi connectivity index (χ4n) is 1.33. The van der Waals surface area contributed by atoms with Crippen LogP contribution in [0.2, 0.25) is 5.15 Å². The van der Waals surface area contributed by atoms with E-state index in [2.05, 4.69) is 30.6 Å². The molecule has 2 heterocycles. The smallest absolute Gasteiger partial charge is 0.340 e. The number of rotatable bonds is 1. The number of ether oxygens (including phenoxy) is 1. The molecule has 78 valence electrons. The first-order valence-corrected chi connectivity index (χ1v) is 5.22. The highest BCUT2D eigenvalue weighted by Crippen LogP contribution is 2.27. The van der Waals surface area contributed by atoms with Crippen LogP contribution < -0.4 is 0 Å². The molecule has 0 saturated carbocycles. The van der Waals surface area contributed by atoms with E-state index < -0.39 is 5.97 Å². The van der Waals surface area contributed by atoms with Crippen molar-refractivity contribution in [2.24, 2.45) is 0 Å². The molecule has 2 rings (SSSR count). The molecule has 6 heteroatoms. The van der Waals surface area contributed by atoms with E-state index in [1.165, 1.54) is 7.11 Å². The summed E-state index contributed by atoms with van der Waals surface area (Å²) in [5.74, 6) is -0.407. The van der Waals surface area contributed by atoms with Gasteiger partial charge >= 0.3 is 5.97 Å². The van der Waals surface area contributed by atoms with E-state index in [1.54, 1.807) is 12.3 Å². The maximum absolute atomic E-state index is 11.4. The van der Waals surface area contributed by atoms with Gasteiger partial charge in [0.05, 0.1) is 18.2 Å². The number of H-pyrrole nitrogens is 1. The van der Waals surface area contributed by atoms with E-state index in [0.717, 1.165) is 5.52 Å². The summed E-state index contributed by atoms with van der Waals surface area (Å²) < 4.78 is 5.21. The van der Waals surface area contributed by atoms with Gasteiger partial charge in [-0.1, -0.05) is 11.6 Å². The zero-order chi connectivity index (χ0) is 11.0. The number of hydrogen-bond acceptors (Lipinski definition) is 3. The van der Waals surface area contributed by atoms with Crippen LogP contribution in [0, 0.1) is 0 Å². The van der Waals surface area contributed by atoms with Gasteiger partial charge in [0.1, 0.15) is 9.76 Å². The Morgan fingerprint density at radius 2 is 2.40 bits per heavy atom. The lowest BCUT2D eigenvalue weighted by molar-refractivity contribution is 0.0603. The number of pyridine rings is 1. The molecule has 0 fully saturated rings. The van der Waals surface area contributed by atoms with Crippen molar-refractivity contribution in [2.45, 2.75) is 0 Å². The fraction of sp³-hybridized carbons (Fsp3) is 0.111. The lowest BCUT2D eigenvalue weighted by Crippen LogP contribution is -1.99. The summed E-state index contributed by atoms with van der Waals surface area (Å²) in [7, 11) is 1.33. The molecule has 0 aliphatic carbocycles. The average molecular weight is 290 g/mol. The molecule has 15 heavy (non-hydrogen) atoms. The summed E-state index contributed by atoms with van der Waals surface area (Å²) in [6, 6.07) is 1.62. The number of methoxy groups -OCH3 is 1. The number of carbonyl (C=O) groups is 1. The fourth-order valence-corrected chi connectivity index (χ4v) is 2.15. The van der Waals surface area contributed by atoms with Crippen LogP contribution in [0.3, 0.4) is 0 Å². The Labute approximate surface area is 98.7 Å². The Hall–Kier alpha value is -1.07. The second-order valence-corrected chi connectivity index (χ2v) is 3.99. The minimum atomic E-state index is -0.407. The molecule has 0 bridgehead atoms. The number of aromatic nitrogens is 2. The molecule has 0 spiro atoms. The normalized spacial score (nSPS) is 10.6. The van der Waals surface area contributed by atoms with Crippen LogP contribution in [0.4, 0.5) is 0 Å². The highest BCUT2D eigenvalue weighted by Gasteiger charge is 2.14. The largest absolute Gasteiger partial charge is 0.465 e. The second-order valence-electron chi connectivity index (χ2n) is 2.85. The van der Waals surface area contributed by atoms with Gasteiger partial charge in [-0.3, -0.25) is 0 Å². The number of hydrogen-bond donors (Lipinski definition) is 1. The van der Waals surface area contributed by atoms with E-state index in [-0.39, 0.29) is 0 Å². The third kappa shape index (κ3) is 1.72. The summed E-state index contributed by atoms with van der Waals surface area (Å²) in [5, 5.41) is 1.01. The van der Waals surface area contributed by atoms with Crippen molar-refractivity contribution in [3.63, 3.8) is 0 Å². The molecule has 0 aromatic carbocycles. The van der Waals surface area contributed by atoms with Crippen molar-refractivity contribution >= 4 is 44.4 Å². The number of esters is 1. The molecular formula is C9H6BrClN2O2. The van der Waals surface area contributed by atoms with Crippen molar-refractivity contribution in [1.82, 2.24) is 9.97 Å². The SMILES string of the molecule is COC(=O)c1c[nH]c2c(Br)nc(Cl)cc12. The summed E-state index contributed by atoms with van der Waals surface area (Å²) in [6.45, 7) is 0. The number of fused-ring (bicyclic) bond motifs is 1. The second kappa shape index (κ2) is 3.83. The summed E-state index contributed by atoms with van der Waals surface area (Å²) in [6.07, 6.45) is 1.57. The number of nitrogens with one attached hydrogen (secondary N) is 1. The Morgan fingerprint density at radius 1 is 1.67 bits per heavy atom. The van der Waals surface area contributed by atoms with Gasteiger partial charge in [0.25, 0.3) is 0 Å². The molecule has 0 aliphatic rings. The topological polar surface area (TPSA) is 55.0 Å². The highest BCUT2D eigenvalue weighted by atomic mass is 79.9. The molecule has 0 aliphatic heterocycles. The van der Waals surface area contributed by atoms with Crippen LogP contribution in [0.15, 0.2) is 16.9 Å². The first-order chi connectivity index (χ1) is 7.13. The number of nitrogens with zero attached hydrogens (tertiary/aromatic N) is 1. The van der Waals surface area contributed by atoms with Gasteiger partial charge in [0, 0.05) is 11.6 Å². The number of carbonyl (C=O) groups excluding carboxylic acids is 1. The molecule has 1 N–H and O–H groups in total. The van der Waals surface area contributed by atoms with Crippen LogP contribution in [0.5, 0.6) is 0 Å². The first kappa shape index (κ1) is 10.4. The van der Waals surface area contributed by atoms with Gasteiger partial charge in [0.15, 0.2) is 0 Å². The molecule has 0 radical (unpaired) electrons. The Morgan fingerprint density at radius 3 is 3.07 bits per heavy atom. The minimum Gasteiger partial charge on any atom is -0.465 e. The van der Waals surface area contributed by atoms with Gasteiger partial charge in [-0.2, -0.15) is 0 Å². The number of aromatic amines is 1. The van der Waals surface area contributed by atoms with Crippen molar-refractivity contribution in [2.75, 3.05) is 7.11 Å². The Bertz CT molecular complexity index is 538. The molecule has 2 aromatic heterocycles. The summed E-state index contributed by atoms with van der Waals surface area (Å²) in [4.78, 5) is 18.3. The predicted octanol–water partition coefficient (Wildman–Crippen LogP) is 2.77. The molecular weight excluding hydrogens is 283 g/mol. The third-order valence-corrected chi connectivity index (χ3v) is 2.77. The minimum absolute atomic E-state index is 0.319. The van der Waals surface area contributed by atoms with Crippen molar-refractivity contribution in [1.29, 1.82) is 0 Å². The van der Waals surface area contributed by atoms with Crippen molar-refractivity contribution in [3.05, 3.63) is 27.6 Å². The molecule has 0 atom stereocenters. The zero-order valence-electron chi connectivity index (χ0n) is 7.67. The highest BCUT2D eigenvalue weighted by molar-refractivity contribution is 9.10. The van der Waals surface area contributed by atoms with E-state index >= 15 is 0 Å². The lowest BCUT2D eigenvalue weighted by Gasteiger charge is -1.98. The third-order valence-electron chi connectivity index (χ3n) is 2.00. The van der Waals surface area contributed by atoms with Crippen molar-refractivity contribution in [3.8, 4) is 0 Å². The zero-order valence-corrected chi connectivity index (χ0v) is 10.0. The van der Waals surface area contributed by atoms with E-state index in [0.29, 0.717) is 20.7 Å². The van der Waals surface area contributed by atoms with Crippen molar-refractivity contribution < 1.29 is 9.53 Å². The van der Waals surface area contributed by atoms with E-state index in [4.69, 9.17) is 11.6 Å². The monoisotopic (exact) mass is 288 g/mol. The van der Waals surface area contributed by atoms with E-state index in [9.17, 15) is 4.79 Å². The lowest BCUT2D eigenvalue weighted by atomic mass is 10.2. The average Bonchev–Trinajstić information content (AvgIpc) is 2.60. The Kier molecular flexibility index (Phi) is 2.67. The van der Waals surface area contributed by atoms with E-state index in [1.807, 2.05) is 0 Å². The maximum Gasteiger partial charge on any atom is 0.340 e. The standard InChI is InChI=1S/C9H6BrClN2O2/c1-15-9(14)5-3-12-7-4(5)2-6(11)13-8(7)10/h2-3,12H,1H3. The van der Waals surface area contributed by atoms with Crippen LogP contribution in [0.1, 0.15) is 10.4 Å². The summed E-state index contributed by atoms with van der Waals surface area (Å²) >= 11 is 9.05. The molecule has 0 unspecified atom stereocenters. The first-order valence-electron chi connectivity index (χ1n) is 4.05. The van der Waals surface area contributed by atoms with Gasteiger partial charge in [-0.05, 0) is 22.0 Å². The number of halogens is 2. The maximum atomic E-state index is 11.4. The van der Waals surface area contributed by atoms with Crippen LogP contribution in [0.25, 0.3) is 10.9 Å². The van der Waals surface area contributed by atoms with Gasteiger partial charge in [-0.25, -0.2) is 9.78 Å². The summed E-state index contributed by atoms with van der Waals surface area (Å²) in [5.41, 5.74) is 1.16. The molecule has 0 amide bonds. The van der Waals surface area contributed by atoms with Gasteiger partial charge in [-0.15, -0.1) is 0 Å². The Balaban J connectivity index is 2.74. The quantitative estimate of drug-likeness (QED) is 0.649.